The van der Waals surface area contributed by atoms with Crippen LogP contribution in [0.1, 0.15) is 194 Å². The molecule has 0 aliphatic rings. The van der Waals surface area contributed by atoms with E-state index in [4.69, 9.17) is 10.2 Å². The van der Waals surface area contributed by atoms with Crippen LogP contribution < -0.4 is 0 Å². The van der Waals surface area contributed by atoms with Gasteiger partial charge >= 0.3 is 11.9 Å². The van der Waals surface area contributed by atoms with Crippen LogP contribution in [0.15, 0.2) is 72.8 Å². The Balaban J connectivity index is 0.000000755. The standard InChI is InChI=1S/2C18H34O2.C10H8/c2*1-2-3-4-5-6-7-8-9-10-11-12-13-14-15-16-17-18(19)20;1-2-6-10-8-4-3-7-9(10)5-1/h2*9-10H,2-8,11-17H2,1H3,(H,19,20);1-8H/b2*10-9-;. The van der Waals surface area contributed by atoms with Crippen LogP contribution in [0.4, 0.5) is 0 Å². The third kappa shape index (κ3) is 36.4. The van der Waals surface area contributed by atoms with Crippen LogP contribution in [-0.4, -0.2) is 22.2 Å². The van der Waals surface area contributed by atoms with Crippen LogP contribution in [0.2, 0.25) is 0 Å². The number of aliphatic carboxylic acids is 2. The van der Waals surface area contributed by atoms with Crippen LogP contribution >= 0.6 is 0 Å². The molecule has 4 nitrogen and oxygen atoms in total. The normalized spacial score (nSPS) is 11.0. The van der Waals surface area contributed by atoms with Gasteiger partial charge in [0.2, 0.25) is 0 Å². The van der Waals surface area contributed by atoms with E-state index < -0.39 is 11.9 Å². The monoisotopic (exact) mass is 693 g/mol. The Morgan fingerprint density at radius 2 is 0.640 bits per heavy atom. The van der Waals surface area contributed by atoms with Gasteiger partial charge in [-0.2, -0.15) is 0 Å². The summed E-state index contributed by atoms with van der Waals surface area (Å²) in [5, 5.41) is 19.6. The first-order valence-electron chi connectivity index (χ1n) is 20.7. The molecule has 0 fully saturated rings. The van der Waals surface area contributed by atoms with Crippen molar-refractivity contribution in [2.75, 3.05) is 0 Å². The molecule has 4 heteroatoms. The van der Waals surface area contributed by atoms with E-state index in [2.05, 4.69) is 86.7 Å². The highest BCUT2D eigenvalue weighted by Crippen LogP contribution is 2.13. The van der Waals surface area contributed by atoms with E-state index in [1.165, 1.54) is 152 Å². The van der Waals surface area contributed by atoms with Crippen molar-refractivity contribution in [2.24, 2.45) is 0 Å². The molecule has 50 heavy (non-hydrogen) atoms. The molecule has 0 atom stereocenters. The molecule has 0 bridgehead atoms. The van der Waals surface area contributed by atoms with E-state index in [9.17, 15) is 9.59 Å². The SMILES string of the molecule is CCCCCCCC/C=C\CCCCCCCC(=O)O.CCCCCCCC/C=C\CCCCCCCC(=O)O.c1ccc2ccccc2c1. The summed E-state index contributed by atoms with van der Waals surface area (Å²) in [5.41, 5.74) is 0. The smallest absolute Gasteiger partial charge is 0.303 e. The predicted octanol–water partition coefficient (Wildman–Crippen LogP) is 15.1. The van der Waals surface area contributed by atoms with Crippen molar-refractivity contribution < 1.29 is 19.8 Å². The van der Waals surface area contributed by atoms with Gasteiger partial charge in [0.1, 0.15) is 0 Å². The van der Waals surface area contributed by atoms with E-state index in [-0.39, 0.29) is 0 Å². The summed E-state index contributed by atoms with van der Waals surface area (Å²) in [6, 6.07) is 16.7. The van der Waals surface area contributed by atoms with E-state index in [1.54, 1.807) is 0 Å². The van der Waals surface area contributed by atoms with Crippen LogP contribution in [0.5, 0.6) is 0 Å². The van der Waals surface area contributed by atoms with Gasteiger partial charge in [-0.3, -0.25) is 9.59 Å². The number of hydrogen-bond acceptors (Lipinski definition) is 2. The molecule has 0 saturated heterocycles. The lowest BCUT2D eigenvalue weighted by atomic mass is 10.1. The summed E-state index contributed by atoms with van der Waals surface area (Å²) in [6.45, 7) is 4.52. The van der Waals surface area contributed by atoms with Crippen molar-refractivity contribution in [3.05, 3.63) is 72.8 Å². The third-order valence-corrected chi connectivity index (χ3v) is 8.96. The maximum Gasteiger partial charge on any atom is 0.303 e. The van der Waals surface area contributed by atoms with Crippen LogP contribution in [0.3, 0.4) is 0 Å². The molecule has 2 aromatic rings. The largest absolute Gasteiger partial charge is 0.481 e. The lowest BCUT2D eigenvalue weighted by molar-refractivity contribution is -0.138. The topological polar surface area (TPSA) is 74.6 Å². The lowest BCUT2D eigenvalue weighted by Gasteiger charge is -1.99. The van der Waals surface area contributed by atoms with Crippen molar-refractivity contribution in [3.63, 3.8) is 0 Å². The van der Waals surface area contributed by atoms with Gasteiger partial charge < -0.3 is 10.2 Å². The average Bonchev–Trinajstić information content (AvgIpc) is 3.12. The van der Waals surface area contributed by atoms with Crippen molar-refractivity contribution >= 4 is 22.7 Å². The summed E-state index contributed by atoms with van der Waals surface area (Å²) < 4.78 is 0. The number of allylic oxidation sites excluding steroid dienone is 4. The fourth-order valence-electron chi connectivity index (χ4n) is 5.83. The first-order valence-corrected chi connectivity index (χ1v) is 20.7. The van der Waals surface area contributed by atoms with Gasteiger partial charge in [0.05, 0.1) is 0 Å². The number of fused-ring (bicyclic) bond motifs is 1. The highest BCUT2D eigenvalue weighted by molar-refractivity contribution is 5.82. The molecule has 0 radical (unpaired) electrons. The quantitative estimate of drug-likeness (QED) is 0.0631. The van der Waals surface area contributed by atoms with Crippen molar-refractivity contribution in [1.82, 2.24) is 0 Å². The number of hydrogen-bond donors (Lipinski definition) is 2. The molecule has 2 aromatic carbocycles. The van der Waals surface area contributed by atoms with Gasteiger partial charge in [-0.05, 0) is 75.0 Å². The van der Waals surface area contributed by atoms with E-state index >= 15 is 0 Å². The fraction of sp³-hybridized carbons (Fsp3) is 0.652. The van der Waals surface area contributed by atoms with Crippen LogP contribution in [0, 0.1) is 0 Å². The summed E-state index contributed by atoms with van der Waals surface area (Å²) >= 11 is 0. The van der Waals surface area contributed by atoms with Crippen molar-refractivity contribution in [2.45, 2.75) is 194 Å². The molecular formula is C46H76O4. The molecule has 0 saturated carbocycles. The van der Waals surface area contributed by atoms with E-state index in [0.29, 0.717) is 12.8 Å². The Labute approximate surface area is 308 Å². The zero-order valence-corrected chi connectivity index (χ0v) is 32.4. The van der Waals surface area contributed by atoms with Gasteiger partial charge in [-0.1, -0.05) is 189 Å². The van der Waals surface area contributed by atoms with Crippen LogP contribution in [-0.2, 0) is 9.59 Å². The second-order valence-electron chi connectivity index (χ2n) is 13.8. The average molecular weight is 693 g/mol. The van der Waals surface area contributed by atoms with Crippen LogP contribution in [0.25, 0.3) is 10.8 Å². The molecule has 0 amide bonds. The molecule has 2 rings (SSSR count). The van der Waals surface area contributed by atoms with Gasteiger partial charge in [-0.25, -0.2) is 0 Å². The Morgan fingerprint density at radius 3 is 0.900 bits per heavy atom. The second-order valence-corrected chi connectivity index (χ2v) is 13.8. The van der Waals surface area contributed by atoms with E-state index in [1.807, 2.05) is 0 Å². The Kier molecular flexibility index (Phi) is 36.7. The molecule has 0 spiro atoms. The number of carboxylic acids is 2. The first kappa shape index (κ1) is 47.1. The number of rotatable bonds is 30. The number of unbranched alkanes of at least 4 members (excludes halogenated alkanes) is 22. The molecule has 0 aliphatic carbocycles. The predicted molar refractivity (Wildman–Crippen MR) is 218 cm³/mol. The fourth-order valence-corrected chi connectivity index (χ4v) is 5.83. The first-order chi connectivity index (χ1) is 24.5. The van der Waals surface area contributed by atoms with Gasteiger partial charge in [0.15, 0.2) is 0 Å². The summed E-state index contributed by atoms with van der Waals surface area (Å²) in [5.74, 6) is -1.33. The zero-order chi connectivity index (χ0) is 36.6. The number of carbonyl (C=O) groups is 2. The van der Waals surface area contributed by atoms with Crippen molar-refractivity contribution in [3.8, 4) is 0 Å². The van der Waals surface area contributed by atoms with E-state index in [0.717, 1.165) is 25.7 Å². The maximum atomic E-state index is 10.3. The minimum Gasteiger partial charge on any atom is -0.481 e. The Morgan fingerprint density at radius 1 is 0.400 bits per heavy atom. The van der Waals surface area contributed by atoms with Gasteiger partial charge in [0, 0.05) is 12.8 Å². The maximum absolute atomic E-state index is 10.3. The minimum absolute atomic E-state index is 0.332. The third-order valence-electron chi connectivity index (χ3n) is 8.96. The molecule has 0 heterocycles. The highest BCUT2D eigenvalue weighted by Gasteiger charge is 1.97. The second kappa shape index (κ2) is 38.9. The summed E-state index contributed by atoms with van der Waals surface area (Å²) in [4.78, 5) is 20.6. The Bertz CT molecular complexity index is 957. The lowest BCUT2D eigenvalue weighted by Crippen LogP contribution is -1.93. The summed E-state index contributed by atoms with van der Waals surface area (Å²) in [7, 11) is 0. The number of benzene rings is 2. The molecule has 0 aliphatic heterocycles. The molecule has 0 unspecified atom stereocenters. The molecular weight excluding hydrogens is 617 g/mol. The molecule has 284 valence electrons. The van der Waals surface area contributed by atoms with Gasteiger partial charge in [-0.15, -0.1) is 0 Å². The zero-order valence-electron chi connectivity index (χ0n) is 32.4. The Hall–Kier alpha value is -2.88. The minimum atomic E-state index is -0.664. The highest BCUT2D eigenvalue weighted by atomic mass is 16.4. The summed E-state index contributed by atoms with van der Waals surface area (Å²) in [6.07, 6.45) is 42.5. The van der Waals surface area contributed by atoms with Crippen molar-refractivity contribution in [1.29, 1.82) is 0 Å². The number of carboxylic acid groups (broad SMARTS) is 2. The molecule has 0 aromatic heterocycles. The molecule has 2 N–H and O–H groups in total. The van der Waals surface area contributed by atoms with Gasteiger partial charge in [0.25, 0.3) is 0 Å².